The highest BCUT2D eigenvalue weighted by Gasteiger charge is 2.61. The van der Waals surface area contributed by atoms with Gasteiger partial charge in [-0.15, -0.1) is 0 Å². The maximum absolute atomic E-state index is 12.9. The Hall–Kier alpha value is -2.43. The second kappa shape index (κ2) is 5.05. The van der Waals surface area contributed by atoms with Crippen molar-refractivity contribution in [3.05, 3.63) is 48.0 Å². The molecule has 2 aliphatic carbocycles. The molecule has 1 saturated carbocycles. The number of nitrogens with zero attached hydrogens (tertiary/aromatic N) is 1. The predicted octanol–water partition coefficient (Wildman–Crippen LogP) is 1.71. The normalized spacial score (nSPS) is 32.3. The number of benzene rings is 1. The number of hydrogen-bond donors (Lipinski definition) is 0. The minimum Gasteiger partial charge on any atom is -0.467 e. The van der Waals surface area contributed by atoms with Gasteiger partial charge in [-0.2, -0.15) is 0 Å². The molecular formula is C18H17NO4. The summed E-state index contributed by atoms with van der Waals surface area (Å²) < 4.78 is 4.87. The zero-order valence-corrected chi connectivity index (χ0v) is 12.7. The molecule has 1 saturated heterocycles. The van der Waals surface area contributed by atoms with E-state index in [-0.39, 0.29) is 35.5 Å². The van der Waals surface area contributed by atoms with Crippen molar-refractivity contribution in [3.63, 3.8) is 0 Å². The Morgan fingerprint density at radius 2 is 1.65 bits per heavy atom. The lowest BCUT2D eigenvalue weighted by Gasteiger charge is -2.26. The summed E-state index contributed by atoms with van der Waals surface area (Å²) in [6.45, 7) is 0. The van der Waals surface area contributed by atoms with Crippen molar-refractivity contribution in [2.75, 3.05) is 7.11 Å². The number of hydrogen-bond acceptors (Lipinski definition) is 4. The zero-order chi connectivity index (χ0) is 16.1. The number of likely N-dealkylation sites (tertiary alicyclic amines) is 1. The summed E-state index contributed by atoms with van der Waals surface area (Å²) in [6, 6.07) is 7.87. The number of imide groups is 1. The maximum Gasteiger partial charge on any atom is 0.333 e. The minimum absolute atomic E-state index is 0.125. The Morgan fingerprint density at radius 1 is 1.09 bits per heavy atom. The van der Waals surface area contributed by atoms with Crippen LogP contribution in [0.1, 0.15) is 18.0 Å². The number of methoxy groups -OCH3 is 1. The lowest BCUT2D eigenvalue weighted by molar-refractivity contribution is -0.157. The highest BCUT2D eigenvalue weighted by Crippen LogP contribution is 2.53. The number of allylic oxidation sites excluding steroid dienone is 2. The van der Waals surface area contributed by atoms with Crippen LogP contribution in [0.3, 0.4) is 0 Å². The van der Waals surface area contributed by atoms with E-state index in [2.05, 4.69) is 0 Å². The number of carbonyl (C=O) groups excluding carboxylic acids is 3. The average molecular weight is 311 g/mol. The van der Waals surface area contributed by atoms with E-state index in [1.54, 1.807) is 24.3 Å². The molecule has 4 rings (SSSR count). The second-order valence-corrected chi connectivity index (χ2v) is 6.38. The van der Waals surface area contributed by atoms with Gasteiger partial charge in [0.2, 0.25) is 11.8 Å². The molecule has 0 aromatic heterocycles. The highest BCUT2D eigenvalue weighted by atomic mass is 16.5. The first-order valence-electron chi connectivity index (χ1n) is 7.81. The number of ether oxygens (including phenoxy) is 1. The van der Waals surface area contributed by atoms with Crippen LogP contribution >= 0.6 is 0 Å². The Balaban J connectivity index is 1.74. The third-order valence-corrected chi connectivity index (χ3v) is 5.30. The van der Waals surface area contributed by atoms with E-state index in [4.69, 9.17) is 4.74 Å². The molecule has 2 amide bonds. The Kier molecular flexibility index (Phi) is 3.11. The van der Waals surface area contributed by atoms with Gasteiger partial charge >= 0.3 is 5.97 Å². The van der Waals surface area contributed by atoms with Gasteiger partial charge in [0.15, 0.2) is 6.04 Å². The molecule has 1 aromatic rings. The van der Waals surface area contributed by atoms with E-state index in [1.165, 1.54) is 7.11 Å². The van der Waals surface area contributed by atoms with Gasteiger partial charge in [-0.25, -0.2) is 4.79 Å². The van der Waals surface area contributed by atoms with Crippen LogP contribution in [0.15, 0.2) is 42.5 Å². The van der Waals surface area contributed by atoms with Crippen molar-refractivity contribution in [2.24, 2.45) is 23.7 Å². The van der Waals surface area contributed by atoms with Crippen LogP contribution in [-0.4, -0.2) is 29.8 Å². The second-order valence-electron chi connectivity index (χ2n) is 6.38. The third-order valence-electron chi connectivity index (χ3n) is 5.30. The fourth-order valence-corrected chi connectivity index (χ4v) is 4.32. The molecule has 1 aliphatic heterocycles. The standard InChI is InChI=1S/C18H17NO4/c1-23-18(22)15(10-5-3-2-4-6-10)19-16(20)13-11-7-8-12(9-11)14(13)17(19)21/h2-8,11-15H,9H2,1H3/t11-,12+,13+,14-,15-/m1/s1. The van der Waals surface area contributed by atoms with Gasteiger partial charge in [0, 0.05) is 0 Å². The largest absolute Gasteiger partial charge is 0.467 e. The molecule has 0 unspecified atom stereocenters. The molecule has 23 heavy (non-hydrogen) atoms. The van der Waals surface area contributed by atoms with E-state index >= 15 is 0 Å². The zero-order valence-electron chi connectivity index (χ0n) is 12.7. The van der Waals surface area contributed by atoms with Gasteiger partial charge in [-0.3, -0.25) is 14.5 Å². The molecule has 0 N–H and O–H groups in total. The van der Waals surface area contributed by atoms with Crippen LogP contribution in [0.2, 0.25) is 0 Å². The molecule has 2 fully saturated rings. The number of fused-ring (bicyclic) bond motifs is 5. The third kappa shape index (κ3) is 1.89. The first kappa shape index (κ1) is 14.2. The molecular weight excluding hydrogens is 294 g/mol. The number of amides is 2. The summed E-state index contributed by atoms with van der Waals surface area (Å²) in [5, 5.41) is 0. The van der Waals surface area contributed by atoms with E-state index in [0.29, 0.717) is 5.56 Å². The molecule has 5 nitrogen and oxygen atoms in total. The number of esters is 1. The van der Waals surface area contributed by atoms with Gasteiger partial charge in [0.25, 0.3) is 0 Å². The van der Waals surface area contributed by atoms with E-state index in [1.807, 2.05) is 18.2 Å². The summed E-state index contributed by atoms with van der Waals surface area (Å²) in [6.07, 6.45) is 4.95. The Bertz CT molecular complexity index is 681. The van der Waals surface area contributed by atoms with E-state index in [0.717, 1.165) is 11.3 Å². The smallest absolute Gasteiger partial charge is 0.333 e. The Labute approximate surface area is 133 Å². The molecule has 5 heteroatoms. The number of rotatable bonds is 3. The van der Waals surface area contributed by atoms with Crippen molar-refractivity contribution in [2.45, 2.75) is 12.5 Å². The SMILES string of the molecule is COC(=O)[C@@H](c1ccccc1)N1C(=O)[C@@H]2[C@H](C1=O)[C@H]1C=C[C@@H]2C1. The minimum atomic E-state index is -0.994. The fraction of sp³-hybridized carbons (Fsp3) is 0.389. The molecule has 118 valence electrons. The molecule has 0 radical (unpaired) electrons. The first-order chi connectivity index (χ1) is 11.1. The molecule has 3 aliphatic rings. The molecule has 0 spiro atoms. The van der Waals surface area contributed by atoms with Crippen molar-refractivity contribution >= 4 is 17.8 Å². The average Bonchev–Trinajstić information content (AvgIpc) is 3.25. The van der Waals surface area contributed by atoms with Crippen molar-refractivity contribution < 1.29 is 19.1 Å². The van der Waals surface area contributed by atoms with Gasteiger partial charge in [-0.05, 0) is 23.8 Å². The van der Waals surface area contributed by atoms with Crippen LogP contribution < -0.4 is 0 Å². The summed E-state index contributed by atoms with van der Waals surface area (Å²) in [5.41, 5.74) is 0.598. The maximum atomic E-state index is 12.9. The monoisotopic (exact) mass is 311 g/mol. The molecule has 1 heterocycles. The first-order valence-corrected chi connectivity index (χ1v) is 7.81. The lowest BCUT2D eigenvalue weighted by Crippen LogP contribution is -2.40. The van der Waals surface area contributed by atoms with Crippen LogP contribution in [0.25, 0.3) is 0 Å². The quantitative estimate of drug-likeness (QED) is 0.484. The highest BCUT2D eigenvalue weighted by molar-refractivity contribution is 6.09. The van der Waals surface area contributed by atoms with Crippen LogP contribution in [0.4, 0.5) is 0 Å². The molecule has 5 atom stereocenters. The Morgan fingerprint density at radius 3 is 2.17 bits per heavy atom. The lowest BCUT2D eigenvalue weighted by atomic mass is 9.85. The van der Waals surface area contributed by atoms with Gasteiger partial charge < -0.3 is 4.74 Å². The van der Waals surface area contributed by atoms with Crippen molar-refractivity contribution in [1.29, 1.82) is 0 Å². The van der Waals surface area contributed by atoms with Crippen LogP contribution in [0.5, 0.6) is 0 Å². The summed E-state index contributed by atoms with van der Waals surface area (Å²) >= 11 is 0. The number of carbonyl (C=O) groups is 3. The van der Waals surface area contributed by atoms with Crippen molar-refractivity contribution in [1.82, 2.24) is 4.90 Å². The molecule has 1 aromatic carbocycles. The molecule has 2 bridgehead atoms. The van der Waals surface area contributed by atoms with Gasteiger partial charge in [0.1, 0.15) is 0 Å². The summed E-state index contributed by atoms with van der Waals surface area (Å²) in [5.74, 6) is -1.44. The van der Waals surface area contributed by atoms with Crippen LogP contribution in [-0.2, 0) is 19.1 Å². The van der Waals surface area contributed by atoms with Crippen molar-refractivity contribution in [3.8, 4) is 0 Å². The van der Waals surface area contributed by atoms with Gasteiger partial charge in [0.05, 0.1) is 18.9 Å². The predicted molar refractivity (Wildman–Crippen MR) is 80.8 cm³/mol. The van der Waals surface area contributed by atoms with E-state index < -0.39 is 12.0 Å². The fourth-order valence-electron chi connectivity index (χ4n) is 4.32. The summed E-state index contributed by atoms with van der Waals surface area (Å²) in [4.78, 5) is 39.2. The summed E-state index contributed by atoms with van der Waals surface area (Å²) in [7, 11) is 1.27. The topological polar surface area (TPSA) is 63.7 Å². The van der Waals surface area contributed by atoms with E-state index in [9.17, 15) is 14.4 Å². The van der Waals surface area contributed by atoms with Crippen LogP contribution in [0, 0.1) is 23.7 Å². The van der Waals surface area contributed by atoms with Gasteiger partial charge in [-0.1, -0.05) is 42.5 Å².